The second-order valence-electron chi connectivity index (χ2n) is 3.48. The van der Waals surface area contributed by atoms with Gasteiger partial charge in [-0.2, -0.15) is 0 Å². The van der Waals surface area contributed by atoms with E-state index in [0.717, 1.165) is 6.42 Å². The van der Waals surface area contributed by atoms with Gasteiger partial charge < -0.3 is 0 Å². The zero-order valence-electron chi connectivity index (χ0n) is 7.77. The van der Waals surface area contributed by atoms with Gasteiger partial charge in [0.1, 0.15) is 0 Å². The van der Waals surface area contributed by atoms with Gasteiger partial charge in [-0.25, -0.2) is 0 Å². The van der Waals surface area contributed by atoms with Crippen LogP contribution < -0.4 is 0 Å². The van der Waals surface area contributed by atoms with Gasteiger partial charge in [0, 0.05) is 12.4 Å². The number of aromatic nitrogens is 1. The summed E-state index contributed by atoms with van der Waals surface area (Å²) in [6.45, 7) is 2.24. The van der Waals surface area contributed by atoms with Gasteiger partial charge in [-0.15, -0.1) is 0 Å². The first kappa shape index (κ1) is 8.24. The minimum Gasteiger partial charge on any atom is -0.264 e. The van der Waals surface area contributed by atoms with Gasteiger partial charge in [-0.3, -0.25) is 4.98 Å². The Bertz CT molecular complexity index is 335. The molecule has 1 aromatic heterocycles. The molecule has 0 aromatic carbocycles. The molecule has 0 aliphatic heterocycles. The van der Waals surface area contributed by atoms with E-state index in [2.05, 4.69) is 36.2 Å². The molecule has 13 heavy (non-hydrogen) atoms. The van der Waals surface area contributed by atoms with E-state index in [0.29, 0.717) is 5.92 Å². The summed E-state index contributed by atoms with van der Waals surface area (Å²) in [5.41, 5.74) is 2.51. The molecule has 0 radical (unpaired) electrons. The number of rotatable bonds is 1. The van der Waals surface area contributed by atoms with Crippen LogP contribution in [0, 0.1) is 5.92 Å². The topological polar surface area (TPSA) is 12.9 Å². The third kappa shape index (κ3) is 1.86. The van der Waals surface area contributed by atoms with Crippen LogP contribution in [0.4, 0.5) is 0 Å². The van der Waals surface area contributed by atoms with Gasteiger partial charge >= 0.3 is 0 Å². The van der Waals surface area contributed by atoms with E-state index < -0.39 is 0 Å². The number of hydrogen-bond donors (Lipinski definition) is 0. The van der Waals surface area contributed by atoms with E-state index in [-0.39, 0.29) is 0 Å². The van der Waals surface area contributed by atoms with Crippen LogP contribution in [0.15, 0.2) is 42.8 Å². The SMILES string of the molecule is CC1C=C(c2cccnc2)C=CC1. The van der Waals surface area contributed by atoms with E-state index in [1.807, 2.05) is 12.3 Å². The van der Waals surface area contributed by atoms with Crippen LogP contribution in [0.3, 0.4) is 0 Å². The smallest absolute Gasteiger partial charge is 0.0346 e. The average molecular weight is 171 g/mol. The van der Waals surface area contributed by atoms with Crippen molar-refractivity contribution >= 4 is 5.57 Å². The highest BCUT2D eigenvalue weighted by atomic mass is 14.6. The summed E-state index contributed by atoms with van der Waals surface area (Å²) >= 11 is 0. The van der Waals surface area contributed by atoms with E-state index >= 15 is 0 Å². The number of nitrogens with zero attached hydrogens (tertiary/aromatic N) is 1. The molecule has 0 N–H and O–H groups in total. The van der Waals surface area contributed by atoms with E-state index in [4.69, 9.17) is 0 Å². The molecule has 66 valence electrons. The van der Waals surface area contributed by atoms with Crippen molar-refractivity contribution in [1.29, 1.82) is 0 Å². The molecule has 1 unspecified atom stereocenters. The van der Waals surface area contributed by atoms with E-state index in [1.165, 1.54) is 11.1 Å². The molecule has 1 heteroatoms. The van der Waals surface area contributed by atoms with E-state index in [9.17, 15) is 0 Å². The minimum atomic E-state index is 0.653. The predicted octanol–water partition coefficient (Wildman–Crippen LogP) is 3.06. The lowest BCUT2D eigenvalue weighted by molar-refractivity contribution is 0.740. The maximum atomic E-state index is 4.11. The summed E-state index contributed by atoms with van der Waals surface area (Å²) in [5, 5.41) is 0. The molecule has 0 bridgehead atoms. The quantitative estimate of drug-likeness (QED) is 0.632. The van der Waals surface area contributed by atoms with Crippen molar-refractivity contribution in [2.45, 2.75) is 13.3 Å². The second-order valence-corrected chi connectivity index (χ2v) is 3.48. The second kappa shape index (κ2) is 3.56. The van der Waals surface area contributed by atoms with Gasteiger partial charge in [-0.1, -0.05) is 31.2 Å². The molecule has 0 saturated heterocycles. The highest BCUT2D eigenvalue weighted by molar-refractivity contribution is 5.74. The summed E-state index contributed by atoms with van der Waals surface area (Å²) in [6.07, 6.45) is 11.6. The molecule has 2 rings (SSSR count). The zero-order chi connectivity index (χ0) is 9.10. The number of allylic oxidation sites excluding steroid dienone is 4. The molecule has 1 aliphatic rings. The van der Waals surface area contributed by atoms with Gasteiger partial charge in [-0.05, 0) is 29.5 Å². The standard InChI is InChI=1S/C12H13N/c1-10-4-2-5-11(8-10)12-6-3-7-13-9-12/h2-3,5-10H,4H2,1H3. The Morgan fingerprint density at radius 3 is 3.08 bits per heavy atom. The van der Waals surface area contributed by atoms with E-state index in [1.54, 1.807) is 6.20 Å². The Morgan fingerprint density at radius 1 is 1.46 bits per heavy atom. The summed E-state index contributed by atoms with van der Waals surface area (Å²) in [7, 11) is 0. The number of pyridine rings is 1. The highest BCUT2D eigenvalue weighted by Gasteiger charge is 2.05. The maximum Gasteiger partial charge on any atom is 0.0346 e. The molecule has 1 nitrogen and oxygen atoms in total. The summed E-state index contributed by atoms with van der Waals surface area (Å²) < 4.78 is 0. The zero-order valence-corrected chi connectivity index (χ0v) is 7.77. The predicted molar refractivity (Wildman–Crippen MR) is 55.1 cm³/mol. The van der Waals surface area contributed by atoms with Crippen molar-refractivity contribution in [3.8, 4) is 0 Å². The molecule has 1 aliphatic carbocycles. The Kier molecular flexibility index (Phi) is 2.26. The van der Waals surface area contributed by atoms with Crippen molar-refractivity contribution in [3.63, 3.8) is 0 Å². The molecule has 1 atom stereocenters. The lowest BCUT2D eigenvalue weighted by atomic mass is 9.94. The van der Waals surface area contributed by atoms with Crippen molar-refractivity contribution in [1.82, 2.24) is 4.98 Å². The Hall–Kier alpha value is -1.37. The molecule has 1 aromatic rings. The Balaban J connectivity index is 2.32. The molecule has 0 amide bonds. The third-order valence-electron chi connectivity index (χ3n) is 2.26. The first-order valence-corrected chi connectivity index (χ1v) is 4.65. The minimum absolute atomic E-state index is 0.653. The summed E-state index contributed by atoms with van der Waals surface area (Å²) in [6, 6.07) is 4.07. The molecule has 1 heterocycles. The van der Waals surface area contributed by atoms with Crippen LogP contribution in [0.1, 0.15) is 18.9 Å². The van der Waals surface area contributed by atoms with Crippen LogP contribution in [0.5, 0.6) is 0 Å². The van der Waals surface area contributed by atoms with Gasteiger partial charge in [0.25, 0.3) is 0 Å². The third-order valence-corrected chi connectivity index (χ3v) is 2.26. The van der Waals surface area contributed by atoms with Crippen molar-refractivity contribution in [2.24, 2.45) is 5.92 Å². The normalized spacial score (nSPS) is 21.3. The van der Waals surface area contributed by atoms with Gasteiger partial charge in [0.2, 0.25) is 0 Å². The van der Waals surface area contributed by atoms with Crippen molar-refractivity contribution < 1.29 is 0 Å². The van der Waals surface area contributed by atoms with Crippen molar-refractivity contribution in [3.05, 3.63) is 48.3 Å². The molecule has 0 saturated carbocycles. The fourth-order valence-electron chi connectivity index (χ4n) is 1.57. The van der Waals surface area contributed by atoms with Gasteiger partial charge in [0.15, 0.2) is 0 Å². The van der Waals surface area contributed by atoms with Crippen LogP contribution in [0.2, 0.25) is 0 Å². The fraction of sp³-hybridized carbons (Fsp3) is 0.250. The van der Waals surface area contributed by atoms with Gasteiger partial charge in [0.05, 0.1) is 0 Å². The van der Waals surface area contributed by atoms with Crippen LogP contribution in [-0.4, -0.2) is 4.98 Å². The molecule has 0 fully saturated rings. The van der Waals surface area contributed by atoms with Crippen LogP contribution >= 0.6 is 0 Å². The first-order valence-electron chi connectivity index (χ1n) is 4.65. The van der Waals surface area contributed by atoms with Crippen molar-refractivity contribution in [2.75, 3.05) is 0 Å². The largest absolute Gasteiger partial charge is 0.264 e. The summed E-state index contributed by atoms with van der Waals surface area (Å²) in [4.78, 5) is 4.11. The lowest BCUT2D eigenvalue weighted by Crippen LogP contribution is -1.94. The fourth-order valence-corrected chi connectivity index (χ4v) is 1.57. The first-order chi connectivity index (χ1) is 6.36. The summed E-state index contributed by atoms with van der Waals surface area (Å²) in [5.74, 6) is 0.653. The molecular weight excluding hydrogens is 158 g/mol. The molecular formula is C12H13N. The lowest BCUT2D eigenvalue weighted by Gasteiger charge is -2.11. The maximum absolute atomic E-state index is 4.11. The van der Waals surface area contributed by atoms with Crippen LogP contribution in [0.25, 0.3) is 5.57 Å². The number of hydrogen-bond acceptors (Lipinski definition) is 1. The van der Waals surface area contributed by atoms with Crippen LogP contribution in [-0.2, 0) is 0 Å². The monoisotopic (exact) mass is 171 g/mol. The highest BCUT2D eigenvalue weighted by Crippen LogP contribution is 2.23. The Labute approximate surface area is 78.8 Å². The Morgan fingerprint density at radius 2 is 2.38 bits per heavy atom. The molecule has 0 spiro atoms. The average Bonchev–Trinajstić information content (AvgIpc) is 2.19.